The molecule has 5 heteroatoms. The van der Waals surface area contributed by atoms with Gasteiger partial charge in [-0.15, -0.1) is 0 Å². The summed E-state index contributed by atoms with van der Waals surface area (Å²) in [5, 5.41) is 11.6. The third kappa shape index (κ3) is 5.29. The van der Waals surface area contributed by atoms with Crippen molar-refractivity contribution in [3.05, 3.63) is 70.3 Å². The lowest BCUT2D eigenvalue weighted by Gasteiger charge is -2.27. The van der Waals surface area contributed by atoms with Crippen LogP contribution in [-0.2, 0) is 20.4 Å². The van der Waals surface area contributed by atoms with Crippen LogP contribution in [0.25, 0.3) is 5.76 Å². The van der Waals surface area contributed by atoms with Gasteiger partial charge in [0.15, 0.2) is 0 Å². The normalized spacial score (nSPS) is 18.3. The van der Waals surface area contributed by atoms with Crippen LogP contribution in [0.5, 0.6) is 5.75 Å². The molecule has 2 aromatic rings. The third-order valence-corrected chi connectivity index (χ3v) is 6.71. The topological polar surface area (TPSA) is 66.8 Å². The molecule has 188 valence electrons. The summed E-state index contributed by atoms with van der Waals surface area (Å²) >= 11 is 0. The number of rotatable bonds is 6. The van der Waals surface area contributed by atoms with E-state index < -0.39 is 17.7 Å². The molecule has 0 radical (unpaired) electrons. The molecule has 5 nitrogen and oxygen atoms in total. The van der Waals surface area contributed by atoms with E-state index in [4.69, 9.17) is 4.74 Å². The molecule has 0 saturated carbocycles. The van der Waals surface area contributed by atoms with E-state index in [1.807, 2.05) is 43.3 Å². The average Bonchev–Trinajstić information content (AvgIpc) is 3.05. The van der Waals surface area contributed by atoms with Crippen LogP contribution in [0.15, 0.2) is 48.0 Å². The molecule has 0 bridgehead atoms. The lowest BCUT2D eigenvalue weighted by atomic mass is 9.84. The molecule has 0 aromatic heterocycles. The fraction of sp³-hybridized carbons (Fsp3) is 0.467. The number of hydrogen-bond acceptors (Lipinski definition) is 4. The molecule has 1 aliphatic rings. The maximum atomic E-state index is 13.3. The molecule has 1 fully saturated rings. The monoisotopic (exact) mass is 477 g/mol. The van der Waals surface area contributed by atoms with Gasteiger partial charge in [0, 0.05) is 6.54 Å². The molecule has 1 N–H and O–H groups in total. The number of methoxy groups -OCH3 is 1. The average molecular weight is 478 g/mol. The van der Waals surface area contributed by atoms with Gasteiger partial charge in [0.2, 0.25) is 0 Å². The number of Topliss-reactive ketones (excluding diaryl/α,β-unsaturated/α-hetero) is 1. The number of aliphatic hydroxyl groups is 1. The maximum Gasteiger partial charge on any atom is 0.295 e. The Balaban J connectivity index is 2.24. The van der Waals surface area contributed by atoms with Gasteiger partial charge in [-0.1, -0.05) is 85.2 Å². The number of carbonyl (C=O) groups excluding carboxylic acids is 2. The van der Waals surface area contributed by atoms with Crippen LogP contribution < -0.4 is 4.74 Å². The fourth-order valence-corrected chi connectivity index (χ4v) is 4.46. The quantitative estimate of drug-likeness (QED) is 0.292. The first-order valence-electron chi connectivity index (χ1n) is 12.4. The van der Waals surface area contributed by atoms with E-state index in [1.54, 1.807) is 11.0 Å². The highest BCUT2D eigenvalue weighted by molar-refractivity contribution is 6.46. The SMILES string of the molecule is CCCCN1C(=O)C(=O)/C(=C(/O)c2cc(C(C)(C)C)ccc2OC)C1c1ccc(C(C)(C)C)cc1. The van der Waals surface area contributed by atoms with Crippen molar-refractivity contribution < 1.29 is 19.4 Å². The number of unbranched alkanes of at least 4 members (excludes halogenated alkanes) is 1. The van der Waals surface area contributed by atoms with E-state index in [-0.39, 0.29) is 22.2 Å². The van der Waals surface area contributed by atoms with Crippen molar-refractivity contribution in [3.63, 3.8) is 0 Å². The van der Waals surface area contributed by atoms with Crippen molar-refractivity contribution in [2.24, 2.45) is 0 Å². The third-order valence-electron chi connectivity index (χ3n) is 6.71. The van der Waals surface area contributed by atoms with Crippen LogP contribution in [0.1, 0.15) is 89.6 Å². The van der Waals surface area contributed by atoms with Crippen LogP contribution in [0.2, 0.25) is 0 Å². The Labute approximate surface area is 209 Å². The summed E-state index contributed by atoms with van der Waals surface area (Å²) in [5.74, 6) is -0.977. The first-order chi connectivity index (χ1) is 16.3. The summed E-state index contributed by atoms with van der Waals surface area (Å²) in [5.41, 5.74) is 3.29. The number of aliphatic hydroxyl groups excluding tert-OH is 1. The molecular formula is C30H39NO4. The minimum Gasteiger partial charge on any atom is -0.507 e. The number of ether oxygens (including phenoxy) is 1. The first kappa shape index (κ1) is 26.5. The Morgan fingerprint density at radius 2 is 1.51 bits per heavy atom. The predicted octanol–water partition coefficient (Wildman–Crippen LogP) is 6.51. The largest absolute Gasteiger partial charge is 0.507 e. The Bertz CT molecular complexity index is 1130. The lowest BCUT2D eigenvalue weighted by molar-refractivity contribution is -0.139. The van der Waals surface area contributed by atoms with Crippen molar-refractivity contribution in [1.82, 2.24) is 4.90 Å². The highest BCUT2D eigenvalue weighted by atomic mass is 16.5. The second-order valence-electron chi connectivity index (χ2n) is 11.4. The molecule has 2 aromatic carbocycles. The number of nitrogens with zero attached hydrogens (tertiary/aromatic N) is 1. The van der Waals surface area contributed by atoms with E-state index in [1.165, 1.54) is 7.11 Å². The molecule has 1 atom stereocenters. The number of benzene rings is 2. The van der Waals surface area contributed by atoms with Crippen molar-refractivity contribution in [2.45, 2.75) is 78.2 Å². The second kappa shape index (κ2) is 9.88. The minimum atomic E-state index is -0.660. The van der Waals surface area contributed by atoms with E-state index in [2.05, 4.69) is 41.5 Å². The number of likely N-dealkylation sites (tertiary alicyclic amines) is 1. The zero-order valence-corrected chi connectivity index (χ0v) is 22.4. The fourth-order valence-electron chi connectivity index (χ4n) is 4.46. The van der Waals surface area contributed by atoms with Gasteiger partial charge in [-0.2, -0.15) is 0 Å². The molecule has 0 spiro atoms. The van der Waals surface area contributed by atoms with Gasteiger partial charge in [0.25, 0.3) is 11.7 Å². The number of carbonyl (C=O) groups is 2. The molecule has 1 aliphatic heterocycles. The van der Waals surface area contributed by atoms with Crippen LogP contribution in [0, 0.1) is 0 Å². The summed E-state index contributed by atoms with van der Waals surface area (Å²) in [6.45, 7) is 15.2. The number of amides is 1. The molecule has 1 heterocycles. The van der Waals surface area contributed by atoms with Crippen molar-refractivity contribution in [2.75, 3.05) is 13.7 Å². The number of hydrogen-bond donors (Lipinski definition) is 1. The predicted molar refractivity (Wildman–Crippen MR) is 141 cm³/mol. The molecule has 1 amide bonds. The standard InChI is InChI=1S/C30H39NO4/c1-9-10-17-31-25(19-11-13-20(14-12-19)29(2,3)4)24(27(33)28(31)34)26(32)22-18-21(30(5,6)7)15-16-23(22)35-8/h11-16,18,25,32H,9-10,17H2,1-8H3/b26-24+. The van der Waals surface area contributed by atoms with Crippen molar-refractivity contribution in [1.29, 1.82) is 0 Å². The summed E-state index contributed by atoms with van der Waals surface area (Å²) < 4.78 is 5.54. The molecular weight excluding hydrogens is 438 g/mol. The zero-order valence-electron chi connectivity index (χ0n) is 22.4. The van der Waals surface area contributed by atoms with Gasteiger partial charge >= 0.3 is 0 Å². The van der Waals surface area contributed by atoms with Crippen molar-refractivity contribution in [3.8, 4) is 5.75 Å². The summed E-state index contributed by atoms with van der Waals surface area (Å²) in [6, 6.07) is 13.0. The van der Waals surface area contributed by atoms with Crippen LogP contribution in [-0.4, -0.2) is 35.4 Å². The highest BCUT2D eigenvalue weighted by Gasteiger charge is 2.46. The van der Waals surface area contributed by atoms with Crippen LogP contribution in [0.3, 0.4) is 0 Å². The van der Waals surface area contributed by atoms with Gasteiger partial charge in [0.05, 0.1) is 24.3 Å². The zero-order chi connectivity index (χ0) is 26.1. The Morgan fingerprint density at radius 3 is 2.03 bits per heavy atom. The molecule has 1 saturated heterocycles. The Morgan fingerprint density at radius 1 is 0.943 bits per heavy atom. The van der Waals surface area contributed by atoms with Gasteiger partial charge in [0.1, 0.15) is 11.5 Å². The Hall–Kier alpha value is -3.08. The first-order valence-corrected chi connectivity index (χ1v) is 12.4. The smallest absolute Gasteiger partial charge is 0.295 e. The lowest BCUT2D eigenvalue weighted by Crippen LogP contribution is -2.30. The summed E-state index contributed by atoms with van der Waals surface area (Å²) in [7, 11) is 1.53. The van der Waals surface area contributed by atoms with Gasteiger partial charge < -0.3 is 14.7 Å². The number of ketones is 1. The minimum absolute atomic E-state index is 0.0245. The highest BCUT2D eigenvalue weighted by Crippen LogP contribution is 2.42. The van der Waals surface area contributed by atoms with E-state index >= 15 is 0 Å². The molecule has 3 rings (SSSR count). The van der Waals surface area contributed by atoms with E-state index in [9.17, 15) is 14.7 Å². The second-order valence-corrected chi connectivity index (χ2v) is 11.4. The maximum absolute atomic E-state index is 13.3. The summed E-state index contributed by atoms with van der Waals surface area (Å²) in [4.78, 5) is 28.1. The Kier molecular flexibility index (Phi) is 7.49. The van der Waals surface area contributed by atoms with E-state index in [0.717, 1.165) is 29.5 Å². The van der Waals surface area contributed by atoms with E-state index in [0.29, 0.717) is 17.9 Å². The van der Waals surface area contributed by atoms with Gasteiger partial charge in [-0.3, -0.25) is 9.59 Å². The van der Waals surface area contributed by atoms with Gasteiger partial charge in [-0.05, 0) is 46.1 Å². The van der Waals surface area contributed by atoms with Gasteiger partial charge in [-0.25, -0.2) is 0 Å². The molecule has 0 aliphatic carbocycles. The molecule has 35 heavy (non-hydrogen) atoms. The molecule has 1 unspecified atom stereocenters. The summed E-state index contributed by atoms with van der Waals surface area (Å²) in [6.07, 6.45) is 1.66. The van der Waals surface area contributed by atoms with Crippen molar-refractivity contribution >= 4 is 17.4 Å². The van der Waals surface area contributed by atoms with Crippen LogP contribution >= 0.6 is 0 Å². The van der Waals surface area contributed by atoms with Crippen LogP contribution in [0.4, 0.5) is 0 Å².